The molecule has 0 saturated carbocycles. The molecule has 0 N–H and O–H groups in total. The third-order valence-corrected chi connectivity index (χ3v) is 6.75. The zero-order valence-electron chi connectivity index (χ0n) is 23.0. The van der Waals surface area contributed by atoms with Crippen molar-refractivity contribution in [2.24, 2.45) is 0 Å². The van der Waals surface area contributed by atoms with E-state index in [1.165, 1.54) is 128 Å². The first-order chi connectivity index (χ1) is 16.2. The maximum absolute atomic E-state index is 11.8. The summed E-state index contributed by atoms with van der Waals surface area (Å²) in [7, 11) is 0. The molecule has 0 amide bonds. The summed E-state index contributed by atoms with van der Waals surface area (Å²) in [5.74, 6) is -0.201. The van der Waals surface area contributed by atoms with E-state index in [0.29, 0.717) is 6.42 Å². The summed E-state index contributed by atoms with van der Waals surface area (Å²) >= 11 is 0. The van der Waals surface area contributed by atoms with Crippen LogP contribution in [0.15, 0.2) is 0 Å². The molecule has 0 aliphatic carbocycles. The topological polar surface area (TPSA) is 35.5 Å². The van der Waals surface area contributed by atoms with E-state index in [0.717, 1.165) is 25.7 Å². The highest BCUT2D eigenvalue weighted by atomic mass is 17.2. The van der Waals surface area contributed by atoms with Gasteiger partial charge in [-0.25, -0.2) is 4.79 Å². The van der Waals surface area contributed by atoms with Crippen molar-refractivity contribution in [3.05, 3.63) is 0 Å². The lowest BCUT2D eigenvalue weighted by Gasteiger charge is -2.11. The quantitative estimate of drug-likeness (QED) is 0.0683. The van der Waals surface area contributed by atoms with Crippen molar-refractivity contribution in [2.75, 3.05) is 0 Å². The Hall–Kier alpha value is -0.570. The predicted octanol–water partition coefficient (Wildman–Crippen LogP) is 10.6. The van der Waals surface area contributed by atoms with Crippen LogP contribution >= 0.6 is 0 Å². The number of unbranched alkanes of at least 4 members (excludes halogenated alkanes) is 21. The van der Waals surface area contributed by atoms with Gasteiger partial charge in [-0.3, -0.25) is 4.89 Å². The molecule has 0 aromatic carbocycles. The normalized spacial score (nSPS) is 12.2. The average Bonchev–Trinajstić information content (AvgIpc) is 2.82. The summed E-state index contributed by atoms with van der Waals surface area (Å²) in [4.78, 5) is 22.2. The maximum atomic E-state index is 11.8. The highest BCUT2D eigenvalue weighted by Gasteiger charge is 2.08. The molecule has 0 rings (SSSR count). The first-order valence-electron chi connectivity index (χ1n) is 15.1. The zero-order valence-corrected chi connectivity index (χ0v) is 23.0. The van der Waals surface area contributed by atoms with Crippen molar-refractivity contribution in [3.63, 3.8) is 0 Å². The van der Waals surface area contributed by atoms with Crippen LogP contribution in [-0.2, 0) is 14.6 Å². The van der Waals surface area contributed by atoms with E-state index in [4.69, 9.17) is 9.78 Å². The predicted molar refractivity (Wildman–Crippen MR) is 143 cm³/mol. The summed E-state index contributed by atoms with van der Waals surface area (Å²) in [5, 5.41) is 0. The summed E-state index contributed by atoms with van der Waals surface area (Å²) in [5.41, 5.74) is 0. The van der Waals surface area contributed by atoms with Crippen molar-refractivity contribution < 1.29 is 14.6 Å². The molecule has 0 bridgehead atoms. The van der Waals surface area contributed by atoms with Crippen molar-refractivity contribution in [1.82, 2.24) is 0 Å². The molecule has 0 fully saturated rings. The Labute approximate surface area is 208 Å². The molecule has 1 atom stereocenters. The molecule has 0 saturated heterocycles. The van der Waals surface area contributed by atoms with E-state index in [-0.39, 0.29) is 12.1 Å². The van der Waals surface area contributed by atoms with Crippen LogP contribution in [0.3, 0.4) is 0 Å². The van der Waals surface area contributed by atoms with E-state index in [1.54, 1.807) is 0 Å². The Balaban J connectivity index is 3.28. The van der Waals surface area contributed by atoms with Gasteiger partial charge in [-0.05, 0) is 19.8 Å². The fourth-order valence-corrected chi connectivity index (χ4v) is 4.43. The second-order valence-corrected chi connectivity index (χ2v) is 10.3. The molecule has 0 aromatic rings. The van der Waals surface area contributed by atoms with Gasteiger partial charge in [-0.2, -0.15) is 4.89 Å². The summed E-state index contributed by atoms with van der Waals surface area (Å²) < 4.78 is 0. The number of hydrogen-bond donors (Lipinski definition) is 0. The Morgan fingerprint density at radius 2 is 0.848 bits per heavy atom. The molecule has 0 aliphatic rings. The third kappa shape index (κ3) is 27.6. The third-order valence-electron chi connectivity index (χ3n) is 6.75. The Morgan fingerprint density at radius 1 is 0.515 bits per heavy atom. The van der Waals surface area contributed by atoms with E-state index < -0.39 is 0 Å². The fraction of sp³-hybridized carbons (Fsp3) is 0.967. The lowest BCUT2D eigenvalue weighted by Crippen LogP contribution is -2.13. The maximum Gasteiger partial charge on any atom is 0.342 e. The number of carbonyl (C=O) groups is 1. The largest absolute Gasteiger partial charge is 0.342 e. The summed E-state index contributed by atoms with van der Waals surface area (Å²) in [6, 6.07) is 0. The zero-order chi connectivity index (χ0) is 24.2. The first-order valence-corrected chi connectivity index (χ1v) is 15.1. The van der Waals surface area contributed by atoms with Crippen LogP contribution in [0, 0.1) is 0 Å². The lowest BCUT2D eigenvalue weighted by atomic mass is 10.0. The Kier molecular flexibility index (Phi) is 27.2. The van der Waals surface area contributed by atoms with Crippen molar-refractivity contribution in [3.8, 4) is 0 Å². The molecular formula is C30H60O3. The van der Waals surface area contributed by atoms with Gasteiger partial charge in [0.15, 0.2) is 0 Å². The molecule has 198 valence electrons. The van der Waals surface area contributed by atoms with E-state index >= 15 is 0 Å². The van der Waals surface area contributed by atoms with Gasteiger partial charge in [0.2, 0.25) is 0 Å². The molecule has 0 aliphatic heterocycles. The van der Waals surface area contributed by atoms with E-state index in [9.17, 15) is 4.79 Å². The Morgan fingerprint density at radius 3 is 1.24 bits per heavy atom. The second kappa shape index (κ2) is 27.7. The van der Waals surface area contributed by atoms with Gasteiger partial charge in [0, 0.05) is 6.42 Å². The highest BCUT2D eigenvalue weighted by Crippen LogP contribution is 2.15. The molecule has 3 heteroatoms. The van der Waals surface area contributed by atoms with Gasteiger partial charge in [-0.15, -0.1) is 0 Å². The van der Waals surface area contributed by atoms with Crippen molar-refractivity contribution in [1.29, 1.82) is 0 Å². The van der Waals surface area contributed by atoms with Crippen molar-refractivity contribution >= 4 is 5.97 Å². The molecular weight excluding hydrogens is 408 g/mol. The molecule has 0 radical (unpaired) electrons. The molecule has 0 aromatic heterocycles. The van der Waals surface area contributed by atoms with Crippen LogP contribution in [0.5, 0.6) is 0 Å². The van der Waals surface area contributed by atoms with Crippen LogP contribution in [-0.4, -0.2) is 12.1 Å². The molecule has 0 heterocycles. The lowest BCUT2D eigenvalue weighted by molar-refractivity contribution is -0.295. The van der Waals surface area contributed by atoms with Gasteiger partial charge in [0.25, 0.3) is 0 Å². The smallest absolute Gasteiger partial charge is 0.298 e. The number of hydrogen-bond acceptors (Lipinski definition) is 3. The standard InChI is InChI=1S/C30H60O3/c1-4-6-8-10-12-14-16-18-19-21-23-25-27-29(3)32-33-30(31)28-26-24-22-20-17-15-13-11-9-7-5-2/h29H,4-28H2,1-3H3. The van der Waals surface area contributed by atoms with Gasteiger partial charge >= 0.3 is 5.97 Å². The van der Waals surface area contributed by atoms with E-state index in [1.807, 2.05) is 6.92 Å². The number of rotatable bonds is 27. The molecule has 0 spiro atoms. The fourth-order valence-electron chi connectivity index (χ4n) is 4.43. The molecule has 1 unspecified atom stereocenters. The monoisotopic (exact) mass is 468 g/mol. The van der Waals surface area contributed by atoms with Gasteiger partial charge in [0.1, 0.15) is 6.10 Å². The van der Waals surface area contributed by atoms with Gasteiger partial charge in [-0.1, -0.05) is 155 Å². The van der Waals surface area contributed by atoms with Crippen LogP contribution in [0.25, 0.3) is 0 Å². The molecule has 33 heavy (non-hydrogen) atoms. The summed E-state index contributed by atoms with van der Waals surface area (Å²) in [6.07, 6.45) is 32.0. The summed E-state index contributed by atoms with van der Waals surface area (Å²) in [6.45, 7) is 6.55. The highest BCUT2D eigenvalue weighted by molar-refractivity contribution is 5.68. The van der Waals surface area contributed by atoms with Crippen molar-refractivity contribution in [2.45, 2.75) is 187 Å². The second-order valence-electron chi connectivity index (χ2n) is 10.3. The minimum Gasteiger partial charge on any atom is -0.298 e. The van der Waals surface area contributed by atoms with E-state index in [2.05, 4.69) is 13.8 Å². The molecule has 3 nitrogen and oxygen atoms in total. The van der Waals surface area contributed by atoms with Crippen LogP contribution in [0.1, 0.15) is 181 Å². The van der Waals surface area contributed by atoms with Gasteiger partial charge in [0.05, 0.1) is 0 Å². The van der Waals surface area contributed by atoms with Crippen LogP contribution in [0.4, 0.5) is 0 Å². The van der Waals surface area contributed by atoms with Gasteiger partial charge < -0.3 is 0 Å². The minimum absolute atomic E-state index is 0.00870. The van der Waals surface area contributed by atoms with Crippen LogP contribution in [0.2, 0.25) is 0 Å². The SMILES string of the molecule is CCCCCCCCCCCCCCC(C)OOC(=O)CCCCCCCCCCCCC. The number of carbonyl (C=O) groups excluding carboxylic acids is 1. The first kappa shape index (κ1) is 32.4. The average molecular weight is 469 g/mol. The minimum atomic E-state index is -0.201. The van der Waals surface area contributed by atoms with Crippen LogP contribution < -0.4 is 0 Å². The Bertz CT molecular complexity index is 383.